The van der Waals surface area contributed by atoms with Crippen molar-refractivity contribution in [2.45, 2.75) is 12.0 Å². The first-order valence-electron chi connectivity index (χ1n) is 9.10. The van der Waals surface area contributed by atoms with Crippen molar-refractivity contribution in [3.05, 3.63) is 68.3 Å². The van der Waals surface area contributed by atoms with Crippen LogP contribution in [0.4, 0.5) is 0 Å². The first-order chi connectivity index (χ1) is 14.2. The summed E-state index contributed by atoms with van der Waals surface area (Å²) in [5.41, 5.74) is 0.987. The number of rotatable bonds is 4. The van der Waals surface area contributed by atoms with Crippen LogP contribution >= 0.6 is 34.8 Å². The number of nitrogens with one attached hydrogen (secondary N) is 1. The van der Waals surface area contributed by atoms with E-state index >= 15 is 0 Å². The second-order valence-electron chi connectivity index (χ2n) is 7.22. The second-order valence-corrected chi connectivity index (χ2v) is 8.41. The van der Waals surface area contributed by atoms with Gasteiger partial charge in [-0.2, -0.15) is 0 Å². The van der Waals surface area contributed by atoms with E-state index in [1.54, 1.807) is 35.9 Å². The molecule has 0 spiro atoms. The van der Waals surface area contributed by atoms with Gasteiger partial charge in [0.1, 0.15) is 5.69 Å². The summed E-state index contributed by atoms with van der Waals surface area (Å²) < 4.78 is 7.31. The van der Waals surface area contributed by atoms with Crippen molar-refractivity contribution in [3.8, 4) is 0 Å². The highest BCUT2D eigenvalue weighted by atomic mass is 35.5. The molecule has 2 N–H and O–H groups in total. The molecular weight excluding hydrogens is 451 g/mol. The number of carbonyl (C=O) groups excluding carboxylic acids is 1. The Balaban J connectivity index is 1.73. The standard InChI is InChI=1S/C21H17Cl3N2O4/c1-26-16-5-4-14(22)18(24)12(16)9-17(26)19(27)25-21(6-7-30-10-21)13-3-2-11(20(28)29)8-15(13)23/h2-5,8-9H,6-7,10H2,1H3,(H,25,27)(H,28,29). The number of carboxylic acid groups (broad SMARTS) is 1. The number of carbonyl (C=O) groups is 2. The van der Waals surface area contributed by atoms with E-state index in [0.29, 0.717) is 39.7 Å². The van der Waals surface area contributed by atoms with Gasteiger partial charge in [-0.25, -0.2) is 4.79 Å². The molecule has 156 valence electrons. The van der Waals surface area contributed by atoms with Crippen LogP contribution in [0.1, 0.15) is 32.8 Å². The van der Waals surface area contributed by atoms with Gasteiger partial charge >= 0.3 is 5.97 Å². The van der Waals surface area contributed by atoms with Crippen molar-refractivity contribution < 1.29 is 19.4 Å². The van der Waals surface area contributed by atoms with Gasteiger partial charge in [-0.15, -0.1) is 0 Å². The zero-order chi connectivity index (χ0) is 21.6. The largest absolute Gasteiger partial charge is 0.478 e. The lowest BCUT2D eigenvalue weighted by Gasteiger charge is -2.30. The molecule has 1 aliphatic rings. The predicted octanol–water partition coefficient (Wildman–Crippen LogP) is 4.88. The SMILES string of the molecule is Cn1c(C(=O)NC2(c3ccc(C(=O)O)cc3Cl)CCOC2)cc2c(Cl)c(Cl)ccc21. The molecule has 2 heterocycles. The lowest BCUT2D eigenvalue weighted by Crippen LogP contribution is -2.47. The number of aromatic nitrogens is 1. The van der Waals surface area contributed by atoms with Gasteiger partial charge in [-0.05, 0) is 35.9 Å². The number of nitrogens with zero attached hydrogens (tertiary/aromatic N) is 1. The van der Waals surface area contributed by atoms with Crippen molar-refractivity contribution in [2.24, 2.45) is 7.05 Å². The predicted molar refractivity (Wildman–Crippen MR) is 116 cm³/mol. The van der Waals surface area contributed by atoms with E-state index in [1.165, 1.54) is 12.1 Å². The molecule has 30 heavy (non-hydrogen) atoms. The molecule has 1 fully saturated rings. The van der Waals surface area contributed by atoms with Gasteiger partial charge in [0.15, 0.2) is 0 Å². The third-order valence-electron chi connectivity index (χ3n) is 5.45. The van der Waals surface area contributed by atoms with E-state index in [2.05, 4.69) is 5.32 Å². The molecule has 4 rings (SSSR count). The Kier molecular flexibility index (Phi) is 5.45. The van der Waals surface area contributed by atoms with Crippen LogP contribution in [0.5, 0.6) is 0 Å². The highest BCUT2D eigenvalue weighted by molar-refractivity contribution is 6.45. The van der Waals surface area contributed by atoms with E-state index < -0.39 is 11.5 Å². The molecule has 1 unspecified atom stereocenters. The molecule has 0 bridgehead atoms. The highest BCUT2D eigenvalue weighted by Crippen LogP contribution is 2.37. The van der Waals surface area contributed by atoms with Crippen molar-refractivity contribution in [2.75, 3.05) is 13.2 Å². The molecule has 3 aromatic rings. The fraction of sp³-hybridized carbons (Fsp3) is 0.238. The van der Waals surface area contributed by atoms with Gasteiger partial charge in [0.05, 0.1) is 27.8 Å². The zero-order valence-electron chi connectivity index (χ0n) is 15.8. The lowest BCUT2D eigenvalue weighted by atomic mass is 9.88. The Hall–Kier alpha value is -2.25. The van der Waals surface area contributed by atoms with Crippen molar-refractivity contribution >= 4 is 57.6 Å². The number of hydrogen-bond donors (Lipinski definition) is 2. The average Bonchev–Trinajstić information content (AvgIpc) is 3.30. The minimum absolute atomic E-state index is 0.0735. The van der Waals surface area contributed by atoms with Crippen LogP contribution in [0.25, 0.3) is 10.9 Å². The number of amides is 1. The Bertz CT molecular complexity index is 1180. The summed E-state index contributed by atoms with van der Waals surface area (Å²) in [5.74, 6) is -1.40. The molecule has 1 saturated heterocycles. The summed E-state index contributed by atoms with van der Waals surface area (Å²) in [7, 11) is 1.77. The van der Waals surface area contributed by atoms with E-state index in [-0.39, 0.29) is 23.1 Å². The summed E-state index contributed by atoms with van der Waals surface area (Å²) in [4.78, 5) is 24.5. The molecule has 2 aromatic carbocycles. The second kappa shape index (κ2) is 7.78. The number of halogens is 3. The summed E-state index contributed by atoms with van der Waals surface area (Å²) in [6, 6.07) is 9.65. The highest BCUT2D eigenvalue weighted by Gasteiger charge is 2.40. The van der Waals surface area contributed by atoms with Crippen LogP contribution in [0, 0.1) is 0 Å². The Morgan fingerprint density at radius 3 is 2.53 bits per heavy atom. The maximum absolute atomic E-state index is 13.3. The van der Waals surface area contributed by atoms with Gasteiger partial charge in [0.25, 0.3) is 5.91 Å². The number of aryl methyl sites for hydroxylation is 1. The quantitative estimate of drug-likeness (QED) is 0.573. The van der Waals surface area contributed by atoms with Gasteiger partial charge in [-0.3, -0.25) is 4.79 Å². The van der Waals surface area contributed by atoms with Crippen molar-refractivity contribution in [1.82, 2.24) is 9.88 Å². The third kappa shape index (κ3) is 3.44. The summed E-state index contributed by atoms with van der Waals surface area (Å²) >= 11 is 18.8. The number of aromatic carboxylic acids is 1. The topological polar surface area (TPSA) is 80.6 Å². The van der Waals surface area contributed by atoms with Crippen LogP contribution in [0.2, 0.25) is 15.1 Å². The normalized spacial score (nSPS) is 18.7. The summed E-state index contributed by atoms with van der Waals surface area (Å²) in [5, 5.41) is 14.0. The maximum atomic E-state index is 13.3. The maximum Gasteiger partial charge on any atom is 0.335 e. The molecule has 0 aliphatic carbocycles. The zero-order valence-corrected chi connectivity index (χ0v) is 18.1. The smallest absolute Gasteiger partial charge is 0.335 e. The van der Waals surface area contributed by atoms with Gasteiger partial charge < -0.3 is 19.7 Å². The third-order valence-corrected chi connectivity index (χ3v) is 6.58. The van der Waals surface area contributed by atoms with E-state index in [9.17, 15) is 14.7 Å². The number of carboxylic acids is 1. The molecule has 1 aliphatic heterocycles. The van der Waals surface area contributed by atoms with Crippen LogP contribution in [0.3, 0.4) is 0 Å². The van der Waals surface area contributed by atoms with Crippen LogP contribution in [0.15, 0.2) is 36.4 Å². The van der Waals surface area contributed by atoms with Gasteiger partial charge in [-0.1, -0.05) is 40.9 Å². The monoisotopic (exact) mass is 466 g/mol. The van der Waals surface area contributed by atoms with Crippen molar-refractivity contribution in [1.29, 1.82) is 0 Å². The van der Waals surface area contributed by atoms with Crippen LogP contribution < -0.4 is 5.32 Å². The fourth-order valence-electron chi connectivity index (χ4n) is 3.83. The van der Waals surface area contributed by atoms with Crippen LogP contribution in [-0.2, 0) is 17.3 Å². The van der Waals surface area contributed by atoms with Crippen LogP contribution in [-0.4, -0.2) is 34.8 Å². The molecule has 9 heteroatoms. The van der Waals surface area contributed by atoms with E-state index in [4.69, 9.17) is 39.5 Å². The lowest BCUT2D eigenvalue weighted by molar-refractivity contribution is 0.0696. The summed E-state index contributed by atoms with van der Waals surface area (Å²) in [6.07, 6.45) is 0.501. The Labute approximate surface area is 187 Å². The van der Waals surface area contributed by atoms with Gasteiger partial charge in [0.2, 0.25) is 0 Å². The first-order valence-corrected chi connectivity index (χ1v) is 10.2. The van der Waals surface area contributed by atoms with Gasteiger partial charge in [0, 0.05) is 36.0 Å². The molecule has 1 amide bonds. The van der Waals surface area contributed by atoms with Crippen molar-refractivity contribution in [3.63, 3.8) is 0 Å². The fourth-order valence-corrected chi connectivity index (χ4v) is 4.57. The minimum atomic E-state index is -1.07. The summed E-state index contributed by atoms with van der Waals surface area (Å²) in [6.45, 7) is 0.662. The number of hydrogen-bond acceptors (Lipinski definition) is 3. The molecule has 6 nitrogen and oxygen atoms in total. The number of ether oxygens (including phenoxy) is 1. The number of fused-ring (bicyclic) bond motifs is 1. The molecule has 1 atom stereocenters. The molecule has 1 aromatic heterocycles. The first kappa shape index (κ1) is 21.0. The Morgan fingerprint density at radius 1 is 1.13 bits per heavy atom. The average molecular weight is 468 g/mol. The molecular formula is C21H17Cl3N2O4. The molecule has 0 radical (unpaired) electrons. The van der Waals surface area contributed by atoms with E-state index in [1.807, 2.05) is 0 Å². The minimum Gasteiger partial charge on any atom is -0.478 e. The Morgan fingerprint density at radius 2 is 1.90 bits per heavy atom. The molecule has 0 saturated carbocycles. The van der Waals surface area contributed by atoms with E-state index in [0.717, 1.165) is 5.52 Å². The number of benzene rings is 2.